The van der Waals surface area contributed by atoms with Crippen molar-refractivity contribution in [2.24, 2.45) is 5.10 Å². The highest BCUT2D eigenvalue weighted by Crippen LogP contribution is 2.20. The maximum Gasteiger partial charge on any atom is 0.427 e. The van der Waals surface area contributed by atoms with Crippen LogP contribution >= 0.6 is 27.3 Å². The van der Waals surface area contributed by atoms with Crippen molar-refractivity contribution in [1.29, 1.82) is 0 Å². The van der Waals surface area contributed by atoms with E-state index in [1.807, 2.05) is 12.1 Å². The molecule has 0 aliphatic rings. The van der Waals surface area contributed by atoms with Crippen LogP contribution in [-0.2, 0) is 4.74 Å². The number of carbonyl (C=O) groups is 1. The van der Waals surface area contributed by atoms with Gasteiger partial charge < -0.3 is 4.74 Å². The number of hydrazone groups is 1. The van der Waals surface area contributed by atoms with Gasteiger partial charge in [0.15, 0.2) is 0 Å². The molecule has 0 aliphatic heterocycles. The van der Waals surface area contributed by atoms with Crippen molar-refractivity contribution >= 4 is 39.6 Å². The minimum Gasteiger partial charge on any atom is -0.449 e. The SMILES string of the molecule is CCOC(=O)N/N=C/c1ccc(Br)s1. The molecule has 1 rings (SSSR count). The number of carbonyl (C=O) groups excluding carboxylic acids is 1. The van der Waals surface area contributed by atoms with Gasteiger partial charge in [-0.25, -0.2) is 10.2 Å². The molecule has 0 fully saturated rings. The maximum atomic E-state index is 10.8. The number of rotatable bonds is 3. The molecule has 76 valence electrons. The van der Waals surface area contributed by atoms with Gasteiger partial charge in [0.1, 0.15) is 0 Å². The zero-order valence-electron chi connectivity index (χ0n) is 7.49. The smallest absolute Gasteiger partial charge is 0.427 e. The molecule has 0 aromatic carbocycles. The van der Waals surface area contributed by atoms with Gasteiger partial charge in [-0.3, -0.25) is 0 Å². The monoisotopic (exact) mass is 276 g/mol. The summed E-state index contributed by atoms with van der Waals surface area (Å²) in [5.74, 6) is 0. The number of hydrogen-bond donors (Lipinski definition) is 1. The van der Waals surface area contributed by atoms with E-state index in [0.29, 0.717) is 6.61 Å². The molecule has 0 saturated carbocycles. The Morgan fingerprint density at radius 1 is 1.79 bits per heavy atom. The largest absolute Gasteiger partial charge is 0.449 e. The molecule has 6 heteroatoms. The molecule has 1 N–H and O–H groups in total. The van der Waals surface area contributed by atoms with Gasteiger partial charge in [0.25, 0.3) is 0 Å². The van der Waals surface area contributed by atoms with Crippen molar-refractivity contribution in [1.82, 2.24) is 5.43 Å². The van der Waals surface area contributed by atoms with Crippen LogP contribution in [0.3, 0.4) is 0 Å². The Morgan fingerprint density at radius 3 is 3.14 bits per heavy atom. The van der Waals surface area contributed by atoms with E-state index in [0.717, 1.165) is 8.66 Å². The van der Waals surface area contributed by atoms with Crippen molar-refractivity contribution in [2.75, 3.05) is 6.61 Å². The molecule has 0 saturated heterocycles. The van der Waals surface area contributed by atoms with Crippen molar-refractivity contribution in [3.8, 4) is 0 Å². The van der Waals surface area contributed by atoms with Crippen molar-refractivity contribution in [2.45, 2.75) is 6.92 Å². The molecular formula is C8H9BrN2O2S. The quantitative estimate of drug-likeness (QED) is 0.682. The van der Waals surface area contributed by atoms with Gasteiger partial charge in [0.05, 0.1) is 16.6 Å². The van der Waals surface area contributed by atoms with Crippen LogP contribution in [0.4, 0.5) is 4.79 Å². The Balaban J connectivity index is 2.37. The second-order valence-electron chi connectivity index (χ2n) is 2.23. The lowest BCUT2D eigenvalue weighted by Crippen LogP contribution is -2.18. The van der Waals surface area contributed by atoms with Gasteiger partial charge in [-0.05, 0) is 35.0 Å². The molecule has 0 spiro atoms. The highest BCUT2D eigenvalue weighted by atomic mass is 79.9. The third kappa shape index (κ3) is 3.89. The summed E-state index contributed by atoms with van der Waals surface area (Å²) in [6, 6.07) is 3.81. The normalized spacial score (nSPS) is 10.4. The van der Waals surface area contributed by atoms with E-state index in [1.54, 1.807) is 13.1 Å². The average Bonchev–Trinajstić information content (AvgIpc) is 2.52. The summed E-state index contributed by atoms with van der Waals surface area (Å²) < 4.78 is 5.64. The second kappa shape index (κ2) is 5.77. The van der Waals surface area contributed by atoms with Crippen molar-refractivity contribution in [3.63, 3.8) is 0 Å². The molecule has 14 heavy (non-hydrogen) atoms. The molecule has 0 atom stereocenters. The molecule has 4 nitrogen and oxygen atoms in total. The lowest BCUT2D eigenvalue weighted by atomic mass is 10.5. The molecule has 1 aromatic heterocycles. The standard InChI is InChI=1S/C8H9BrN2O2S/c1-2-13-8(12)11-10-5-6-3-4-7(9)14-6/h3-5H,2H2,1H3,(H,11,12)/b10-5+. The van der Waals surface area contributed by atoms with Crippen molar-refractivity contribution < 1.29 is 9.53 Å². The first-order chi connectivity index (χ1) is 6.72. The lowest BCUT2D eigenvalue weighted by Gasteiger charge is -1.97. The van der Waals surface area contributed by atoms with Crippen LogP contribution in [0.1, 0.15) is 11.8 Å². The van der Waals surface area contributed by atoms with Gasteiger partial charge in [-0.1, -0.05) is 0 Å². The van der Waals surface area contributed by atoms with Crippen LogP contribution in [-0.4, -0.2) is 18.9 Å². The Hall–Kier alpha value is -0.880. The number of halogens is 1. The summed E-state index contributed by atoms with van der Waals surface area (Å²) in [4.78, 5) is 11.7. The first kappa shape index (κ1) is 11.2. The minimum atomic E-state index is -0.542. The van der Waals surface area contributed by atoms with Gasteiger partial charge >= 0.3 is 6.09 Å². The summed E-state index contributed by atoms with van der Waals surface area (Å²) in [7, 11) is 0. The highest BCUT2D eigenvalue weighted by molar-refractivity contribution is 9.11. The predicted molar refractivity (Wildman–Crippen MR) is 59.8 cm³/mol. The van der Waals surface area contributed by atoms with Gasteiger partial charge in [-0.2, -0.15) is 5.10 Å². The lowest BCUT2D eigenvalue weighted by molar-refractivity contribution is 0.152. The van der Waals surface area contributed by atoms with Crippen molar-refractivity contribution in [3.05, 3.63) is 20.8 Å². The van der Waals surface area contributed by atoms with E-state index < -0.39 is 6.09 Å². The third-order valence-corrected chi connectivity index (χ3v) is 2.78. The summed E-state index contributed by atoms with van der Waals surface area (Å²) >= 11 is 4.85. The van der Waals surface area contributed by atoms with Crippen LogP contribution in [0.15, 0.2) is 21.0 Å². The second-order valence-corrected chi connectivity index (χ2v) is 4.73. The fourth-order valence-electron chi connectivity index (χ4n) is 0.710. The summed E-state index contributed by atoms with van der Waals surface area (Å²) in [5.41, 5.74) is 2.24. The fraction of sp³-hybridized carbons (Fsp3) is 0.250. The molecular weight excluding hydrogens is 268 g/mol. The van der Waals surface area contributed by atoms with E-state index in [1.165, 1.54) is 11.3 Å². The summed E-state index contributed by atoms with van der Waals surface area (Å²) in [6.45, 7) is 2.07. The topological polar surface area (TPSA) is 50.7 Å². The minimum absolute atomic E-state index is 0.339. The maximum absolute atomic E-state index is 10.8. The first-order valence-corrected chi connectivity index (χ1v) is 5.54. The number of ether oxygens (including phenoxy) is 1. The summed E-state index contributed by atoms with van der Waals surface area (Å²) in [5, 5.41) is 3.71. The molecule has 1 heterocycles. The van der Waals surface area contributed by atoms with Crippen LogP contribution < -0.4 is 5.43 Å². The van der Waals surface area contributed by atoms with Crippen LogP contribution in [0.5, 0.6) is 0 Å². The zero-order chi connectivity index (χ0) is 10.4. The molecule has 0 radical (unpaired) electrons. The molecule has 0 bridgehead atoms. The van der Waals surface area contributed by atoms with E-state index in [4.69, 9.17) is 0 Å². The summed E-state index contributed by atoms with van der Waals surface area (Å²) in [6.07, 6.45) is 1.02. The molecule has 1 aromatic rings. The van der Waals surface area contributed by atoms with E-state index in [9.17, 15) is 4.79 Å². The first-order valence-electron chi connectivity index (χ1n) is 3.93. The molecule has 0 unspecified atom stereocenters. The number of nitrogens with one attached hydrogen (secondary N) is 1. The van der Waals surface area contributed by atoms with E-state index >= 15 is 0 Å². The predicted octanol–water partition coefficient (Wildman–Crippen LogP) is 2.59. The van der Waals surface area contributed by atoms with Crippen LogP contribution in [0.2, 0.25) is 0 Å². The van der Waals surface area contributed by atoms with Gasteiger partial charge in [0.2, 0.25) is 0 Å². The van der Waals surface area contributed by atoms with E-state index in [-0.39, 0.29) is 0 Å². The fourth-order valence-corrected chi connectivity index (χ4v) is 2.01. The number of nitrogens with zero attached hydrogens (tertiary/aromatic N) is 1. The number of hydrogen-bond acceptors (Lipinski definition) is 4. The third-order valence-electron chi connectivity index (χ3n) is 1.22. The highest BCUT2D eigenvalue weighted by Gasteiger charge is 1.96. The van der Waals surface area contributed by atoms with Gasteiger partial charge in [0, 0.05) is 4.88 Å². The Bertz CT molecular complexity index is 338. The van der Waals surface area contributed by atoms with Gasteiger partial charge in [-0.15, -0.1) is 11.3 Å². The number of thiophene rings is 1. The average molecular weight is 277 g/mol. The van der Waals surface area contributed by atoms with Crippen LogP contribution in [0.25, 0.3) is 0 Å². The Labute approximate surface area is 94.1 Å². The molecule has 1 amide bonds. The number of amides is 1. The Morgan fingerprint density at radius 2 is 2.57 bits per heavy atom. The van der Waals surface area contributed by atoms with E-state index in [2.05, 4.69) is 31.2 Å². The van der Waals surface area contributed by atoms with Crippen LogP contribution in [0, 0.1) is 0 Å². The zero-order valence-corrected chi connectivity index (χ0v) is 9.89. The molecule has 0 aliphatic carbocycles. The Kier molecular flexibility index (Phi) is 4.61.